The van der Waals surface area contributed by atoms with Gasteiger partial charge in [0, 0.05) is 18.6 Å². The molecule has 40 heavy (non-hydrogen) atoms. The predicted molar refractivity (Wildman–Crippen MR) is 145 cm³/mol. The molecule has 2 aliphatic rings. The zero-order valence-electron chi connectivity index (χ0n) is 22.7. The van der Waals surface area contributed by atoms with Crippen LogP contribution in [0.1, 0.15) is 45.1 Å². The second-order valence-corrected chi connectivity index (χ2v) is 13.3. The summed E-state index contributed by atoms with van der Waals surface area (Å²) in [6, 6.07) is 8.08. The van der Waals surface area contributed by atoms with Crippen LogP contribution in [0, 0.1) is 11.7 Å². The summed E-state index contributed by atoms with van der Waals surface area (Å²) in [5, 5.41) is 3.90. The van der Waals surface area contributed by atoms with Gasteiger partial charge in [0.1, 0.15) is 11.6 Å². The molecule has 214 valence electrons. The quantitative estimate of drug-likeness (QED) is 0.469. The summed E-state index contributed by atoms with van der Waals surface area (Å²) in [7, 11) is -4.07. The van der Waals surface area contributed by atoms with Gasteiger partial charge in [-0.25, -0.2) is 12.8 Å². The second kappa shape index (κ2) is 10.9. The Kier molecular flexibility index (Phi) is 7.68. The zero-order valence-corrected chi connectivity index (χ0v) is 23.5. The lowest BCUT2D eigenvalue weighted by Gasteiger charge is -2.25. The van der Waals surface area contributed by atoms with Crippen LogP contribution in [0.5, 0.6) is 5.75 Å². The van der Waals surface area contributed by atoms with E-state index in [-0.39, 0.29) is 28.5 Å². The number of sulfone groups is 1. The summed E-state index contributed by atoms with van der Waals surface area (Å²) in [4.78, 5) is 18.6. The first-order chi connectivity index (χ1) is 18.9. The number of anilines is 1. The maximum absolute atomic E-state index is 15.3. The number of nitrogens with zero attached hydrogens (tertiary/aromatic N) is 3. The molecule has 1 amide bonds. The van der Waals surface area contributed by atoms with Crippen molar-refractivity contribution in [3.8, 4) is 17.1 Å². The minimum atomic E-state index is -4.07. The van der Waals surface area contributed by atoms with Crippen molar-refractivity contribution in [2.75, 3.05) is 30.5 Å². The highest BCUT2D eigenvalue weighted by Gasteiger charge is 2.37. The van der Waals surface area contributed by atoms with E-state index in [2.05, 4.69) is 10.1 Å². The third-order valence-corrected chi connectivity index (χ3v) is 8.85. The van der Waals surface area contributed by atoms with Crippen molar-refractivity contribution in [2.24, 2.45) is 11.7 Å². The monoisotopic (exact) mass is 572 g/mol. The Hall–Kier alpha value is -3.35. The minimum Gasteiger partial charge on any atom is -0.493 e. The number of fused-ring (bicyclic) bond motifs is 1. The largest absolute Gasteiger partial charge is 0.493 e. The fraction of sp³-hybridized carbons (Fsp3) is 0.464. The van der Waals surface area contributed by atoms with Crippen LogP contribution in [-0.2, 0) is 31.3 Å². The van der Waals surface area contributed by atoms with Gasteiger partial charge in [-0.1, -0.05) is 38.1 Å². The van der Waals surface area contributed by atoms with Crippen molar-refractivity contribution >= 4 is 21.4 Å². The lowest BCUT2D eigenvalue weighted by molar-refractivity contribution is -0.119. The molecule has 2 N–H and O–H groups in total. The molecule has 12 heteroatoms. The third-order valence-electron chi connectivity index (χ3n) is 7.06. The van der Waals surface area contributed by atoms with Gasteiger partial charge >= 0.3 is 0 Å². The van der Waals surface area contributed by atoms with Gasteiger partial charge in [0.05, 0.1) is 41.1 Å². The van der Waals surface area contributed by atoms with Crippen molar-refractivity contribution in [1.82, 2.24) is 10.1 Å². The van der Waals surface area contributed by atoms with Gasteiger partial charge < -0.3 is 24.6 Å². The minimum absolute atomic E-state index is 0.0105. The summed E-state index contributed by atoms with van der Waals surface area (Å²) in [5.74, 6) is -0.706. The molecular weight excluding hydrogens is 539 g/mol. The molecule has 3 heterocycles. The van der Waals surface area contributed by atoms with E-state index in [1.54, 1.807) is 24.3 Å². The summed E-state index contributed by atoms with van der Waals surface area (Å²) in [5.41, 5.74) is 6.18. The lowest BCUT2D eigenvalue weighted by atomic mass is 9.97. The maximum atomic E-state index is 15.3. The number of rotatable bonds is 6. The number of hydrogen-bond acceptors (Lipinski definition) is 9. The van der Waals surface area contributed by atoms with E-state index in [1.165, 1.54) is 11.0 Å². The normalized spacial score (nSPS) is 19.8. The van der Waals surface area contributed by atoms with E-state index < -0.39 is 38.8 Å². The SMILES string of the molecule is CC(C)(C)c1nc(-c2cc3c(cc2F)S(=O)(=O)C[C@H](N)C(=O)N3Cc2ccc(OCC3CCOCC3)cc2)no1. The molecule has 1 aromatic heterocycles. The Labute approximate surface area is 232 Å². The van der Waals surface area contributed by atoms with Crippen LogP contribution in [-0.4, -0.2) is 56.1 Å². The number of carbonyl (C=O) groups is 1. The molecule has 0 bridgehead atoms. The number of benzene rings is 2. The average Bonchev–Trinajstić information content (AvgIpc) is 3.40. The van der Waals surface area contributed by atoms with Crippen LogP contribution < -0.4 is 15.4 Å². The molecule has 2 aromatic carbocycles. The van der Waals surface area contributed by atoms with Gasteiger partial charge in [0.2, 0.25) is 17.6 Å². The smallest absolute Gasteiger partial charge is 0.245 e. The van der Waals surface area contributed by atoms with Gasteiger partial charge in [-0.05, 0) is 48.6 Å². The van der Waals surface area contributed by atoms with E-state index in [0.717, 1.165) is 32.1 Å². The van der Waals surface area contributed by atoms with Crippen LogP contribution in [0.15, 0.2) is 45.8 Å². The summed E-state index contributed by atoms with van der Waals surface area (Å²) in [6.07, 6.45) is 1.92. The fourth-order valence-corrected chi connectivity index (χ4v) is 6.26. The molecular formula is C28H33FN4O6S. The molecule has 5 rings (SSSR count). The average molecular weight is 573 g/mol. The van der Waals surface area contributed by atoms with Crippen molar-refractivity contribution in [1.29, 1.82) is 0 Å². The number of nitrogens with two attached hydrogens (primary N) is 1. The highest BCUT2D eigenvalue weighted by molar-refractivity contribution is 7.91. The highest BCUT2D eigenvalue weighted by Crippen LogP contribution is 2.37. The molecule has 0 aliphatic carbocycles. The van der Waals surface area contributed by atoms with Crippen LogP contribution in [0.4, 0.5) is 10.1 Å². The summed E-state index contributed by atoms with van der Waals surface area (Å²) >= 11 is 0. The number of halogens is 1. The van der Waals surface area contributed by atoms with E-state index in [1.807, 2.05) is 20.8 Å². The van der Waals surface area contributed by atoms with E-state index in [4.69, 9.17) is 19.7 Å². The zero-order chi connectivity index (χ0) is 28.7. The van der Waals surface area contributed by atoms with Crippen LogP contribution >= 0.6 is 0 Å². The van der Waals surface area contributed by atoms with Gasteiger partial charge in [-0.2, -0.15) is 4.98 Å². The van der Waals surface area contributed by atoms with Gasteiger partial charge in [0.25, 0.3) is 0 Å². The number of amides is 1. The summed E-state index contributed by atoms with van der Waals surface area (Å²) in [6.45, 7) is 7.70. The molecule has 1 saturated heterocycles. The maximum Gasteiger partial charge on any atom is 0.245 e. The van der Waals surface area contributed by atoms with E-state index in [0.29, 0.717) is 29.7 Å². The fourth-order valence-electron chi connectivity index (χ4n) is 4.69. The molecule has 1 atom stereocenters. The topological polar surface area (TPSA) is 138 Å². The van der Waals surface area contributed by atoms with Crippen LogP contribution in [0.2, 0.25) is 0 Å². The Morgan fingerprint density at radius 3 is 2.50 bits per heavy atom. The standard InChI is InChI=1S/C28H33FN4O6S/c1-28(2,3)27-31-25(32-39-27)20-12-23-24(13-21(20)29)40(35,36)16-22(30)26(34)33(23)14-17-4-6-19(7-5-17)38-15-18-8-10-37-11-9-18/h4-7,12-13,18,22H,8-11,14-16,30H2,1-3H3/t22-/m0/s1. The van der Waals surface area contributed by atoms with Crippen molar-refractivity contribution in [3.63, 3.8) is 0 Å². The Morgan fingerprint density at radius 2 is 1.85 bits per heavy atom. The molecule has 2 aliphatic heterocycles. The first-order valence-corrected chi connectivity index (χ1v) is 14.8. The molecule has 0 radical (unpaired) electrons. The third kappa shape index (κ3) is 5.89. The van der Waals surface area contributed by atoms with Crippen molar-refractivity contribution in [3.05, 3.63) is 53.7 Å². The van der Waals surface area contributed by atoms with E-state index in [9.17, 15) is 13.2 Å². The Morgan fingerprint density at radius 1 is 1.15 bits per heavy atom. The molecule has 3 aromatic rings. The molecule has 0 spiro atoms. The van der Waals surface area contributed by atoms with Gasteiger partial charge in [0.15, 0.2) is 9.84 Å². The number of ether oxygens (including phenoxy) is 2. The predicted octanol–water partition coefficient (Wildman–Crippen LogP) is 3.63. The second-order valence-electron chi connectivity index (χ2n) is 11.3. The summed E-state index contributed by atoms with van der Waals surface area (Å²) < 4.78 is 58.2. The molecule has 1 fully saturated rings. The first kappa shape index (κ1) is 28.2. The molecule has 0 unspecified atom stereocenters. The Bertz CT molecular complexity index is 1490. The number of aromatic nitrogens is 2. The molecule has 0 saturated carbocycles. The first-order valence-electron chi connectivity index (χ1n) is 13.2. The number of carbonyl (C=O) groups excluding carboxylic acids is 1. The molecule has 10 nitrogen and oxygen atoms in total. The van der Waals surface area contributed by atoms with Gasteiger partial charge in [-0.15, -0.1) is 0 Å². The van der Waals surface area contributed by atoms with Crippen molar-refractivity contribution < 1.29 is 31.6 Å². The highest BCUT2D eigenvalue weighted by atomic mass is 32.2. The lowest BCUT2D eigenvalue weighted by Crippen LogP contribution is -2.45. The van der Waals surface area contributed by atoms with Gasteiger partial charge in [-0.3, -0.25) is 4.79 Å². The Balaban J connectivity index is 1.46. The van der Waals surface area contributed by atoms with Crippen LogP contribution in [0.3, 0.4) is 0 Å². The van der Waals surface area contributed by atoms with E-state index >= 15 is 4.39 Å². The number of hydrogen-bond donors (Lipinski definition) is 1. The van der Waals surface area contributed by atoms with Crippen LogP contribution in [0.25, 0.3) is 11.4 Å². The van der Waals surface area contributed by atoms with Crippen molar-refractivity contribution in [2.45, 2.75) is 56.5 Å².